The van der Waals surface area contributed by atoms with Crippen LogP contribution in [-0.2, 0) is 6.42 Å². The number of carbonyl (C=O) groups is 1. The van der Waals surface area contributed by atoms with Crippen molar-refractivity contribution in [3.8, 4) is 0 Å². The third kappa shape index (κ3) is 3.01. The molecule has 0 atom stereocenters. The number of rotatable bonds is 4. The summed E-state index contributed by atoms with van der Waals surface area (Å²) in [5, 5.41) is 10.7. The fourth-order valence-corrected chi connectivity index (χ4v) is 1.79. The number of hydrogen-bond donors (Lipinski definition) is 0. The van der Waals surface area contributed by atoms with Gasteiger partial charge in [-0.05, 0) is 13.0 Å². The number of carbonyl (C=O) groups excluding carboxylic acids is 1. The maximum absolute atomic E-state index is 12.0. The lowest BCUT2D eigenvalue weighted by Gasteiger charge is -2.02. The molecule has 1 aromatic heterocycles. The van der Waals surface area contributed by atoms with Crippen LogP contribution in [-0.4, -0.2) is 15.7 Å². The molecule has 0 unspecified atom stereocenters. The zero-order valence-electron chi connectivity index (χ0n) is 10.4. The second-order valence-corrected chi connectivity index (χ2v) is 4.13. The van der Waals surface area contributed by atoms with Crippen molar-refractivity contribution in [1.82, 2.24) is 4.98 Å². The van der Waals surface area contributed by atoms with E-state index in [9.17, 15) is 14.9 Å². The fraction of sp³-hybridized carbons (Fsp3) is 0.143. The molecule has 0 aliphatic carbocycles. The molecule has 0 amide bonds. The number of nitrogens with zero attached hydrogens (tertiary/aromatic N) is 2. The van der Waals surface area contributed by atoms with E-state index in [1.165, 1.54) is 12.1 Å². The minimum atomic E-state index is -0.481. The Hall–Kier alpha value is -2.56. The van der Waals surface area contributed by atoms with Crippen LogP contribution in [0.3, 0.4) is 0 Å². The summed E-state index contributed by atoms with van der Waals surface area (Å²) in [5.74, 6) is -0.0543. The van der Waals surface area contributed by atoms with Gasteiger partial charge in [0, 0.05) is 17.3 Å². The first kappa shape index (κ1) is 12.9. The molecule has 0 bridgehead atoms. The lowest BCUT2D eigenvalue weighted by Crippen LogP contribution is -2.06. The van der Waals surface area contributed by atoms with Crippen molar-refractivity contribution in [3.05, 3.63) is 69.5 Å². The average molecular weight is 256 g/mol. The number of aromatic nitrogens is 1. The van der Waals surface area contributed by atoms with Gasteiger partial charge in [0.25, 0.3) is 5.69 Å². The van der Waals surface area contributed by atoms with Gasteiger partial charge in [0.05, 0.1) is 11.3 Å². The quantitative estimate of drug-likeness (QED) is 0.479. The van der Waals surface area contributed by atoms with Crippen LogP contribution in [0.15, 0.2) is 42.5 Å². The maximum atomic E-state index is 12.0. The van der Waals surface area contributed by atoms with Crippen molar-refractivity contribution < 1.29 is 9.72 Å². The molecule has 0 saturated heterocycles. The van der Waals surface area contributed by atoms with Crippen LogP contribution in [0.4, 0.5) is 5.69 Å². The Morgan fingerprint density at radius 1 is 1.21 bits per heavy atom. The molecule has 19 heavy (non-hydrogen) atoms. The molecule has 96 valence electrons. The highest BCUT2D eigenvalue weighted by Gasteiger charge is 2.14. The van der Waals surface area contributed by atoms with Crippen LogP contribution in [0.5, 0.6) is 0 Å². The van der Waals surface area contributed by atoms with E-state index in [1.54, 1.807) is 31.2 Å². The second-order valence-electron chi connectivity index (χ2n) is 4.13. The van der Waals surface area contributed by atoms with E-state index in [4.69, 9.17) is 0 Å². The Morgan fingerprint density at radius 3 is 2.47 bits per heavy atom. The Bertz CT molecular complexity index is 624. The summed E-state index contributed by atoms with van der Waals surface area (Å²) in [5.41, 5.74) is 1.44. The second kappa shape index (κ2) is 5.39. The van der Waals surface area contributed by atoms with Gasteiger partial charge in [0.2, 0.25) is 0 Å². The number of pyridine rings is 1. The van der Waals surface area contributed by atoms with Crippen LogP contribution in [0.1, 0.15) is 21.7 Å². The van der Waals surface area contributed by atoms with Crippen LogP contribution in [0.2, 0.25) is 0 Å². The molecule has 2 aromatic rings. The van der Waals surface area contributed by atoms with Crippen molar-refractivity contribution in [2.24, 2.45) is 0 Å². The topological polar surface area (TPSA) is 73.1 Å². The molecule has 0 spiro atoms. The number of ketones is 1. The Balaban J connectivity index is 2.19. The minimum Gasteiger partial charge on any atom is -0.294 e. The molecule has 0 aliphatic heterocycles. The van der Waals surface area contributed by atoms with E-state index in [2.05, 4.69) is 4.98 Å². The summed E-state index contributed by atoms with van der Waals surface area (Å²) in [7, 11) is 0. The molecule has 0 fully saturated rings. The standard InChI is InChI=1S/C14H12N2O3/c1-10-13(16(18)19)8-7-12(15-10)9-14(17)11-5-3-2-4-6-11/h2-8H,9H2,1H3. The van der Waals surface area contributed by atoms with E-state index < -0.39 is 4.92 Å². The maximum Gasteiger partial charge on any atom is 0.290 e. The third-order valence-electron chi connectivity index (χ3n) is 2.75. The van der Waals surface area contributed by atoms with Crippen molar-refractivity contribution in [2.75, 3.05) is 0 Å². The first-order valence-corrected chi connectivity index (χ1v) is 5.77. The minimum absolute atomic E-state index is 0.0316. The summed E-state index contributed by atoms with van der Waals surface area (Å²) in [6, 6.07) is 11.8. The summed E-state index contributed by atoms with van der Waals surface area (Å²) >= 11 is 0. The van der Waals surface area contributed by atoms with Gasteiger partial charge in [-0.1, -0.05) is 30.3 Å². The molecule has 0 saturated carbocycles. The van der Waals surface area contributed by atoms with Gasteiger partial charge in [-0.3, -0.25) is 19.9 Å². The van der Waals surface area contributed by atoms with E-state index in [0.29, 0.717) is 17.0 Å². The SMILES string of the molecule is Cc1nc(CC(=O)c2ccccc2)ccc1[N+](=O)[O-]. The van der Waals surface area contributed by atoms with Gasteiger partial charge >= 0.3 is 0 Å². The largest absolute Gasteiger partial charge is 0.294 e. The van der Waals surface area contributed by atoms with Crippen LogP contribution < -0.4 is 0 Å². The van der Waals surface area contributed by atoms with Gasteiger partial charge in [-0.15, -0.1) is 0 Å². The van der Waals surface area contributed by atoms with Gasteiger partial charge in [-0.2, -0.15) is 0 Å². The van der Waals surface area contributed by atoms with Gasteiger partial charge < -0.3 is 0 Å². The monoisotopic (exact) mass is 256 g/mol. The predicted molar refractivity (Wildman–Crippen MR) is 70.1 cm³/mol. The molecule has 1 heterocycles. The molecular weight excluding hydrogens is 244 g/mol. The number of hydrogen-bond acceptors (Lipinski definition) is 4. The van der Waals surface area contributed by atoms with E-state index >= 15 is 0 Å². The summed E-state index contributed by atoms with van der Waals surface area (Å²) in [6.45, 7) is 1.56. The smallest absolute Gasteiger partial charge is 0.290 e. The predicted octanol–water partition coefficient (Wildman–Crippen LogP) is 2.72. The van der Waals surface area contributed by atoms with E-state index in [1.807, 2.05) is 6.07 Å². The van der Waals surface area contributed by atoms with E-state index in [-0.39, 0.29) is 17.9 Å². The van der Waals surface area contributed by atoms with Crippen LogP contribution in [0.25, 0.3) is 0 Å². The molecule has 1 aromatic carbocycles. The lowest BCUT2D eigenvalue weighted by atomic mass is 10.1. The van der Waals surface area contributed by atoms with Gasteiger partial charge in [-0.25, -0.2) is 0 Å². The fourth-order valence-electron chi connectivity index (χ4n) is 1.79. The first-order chi connectivity index (χ1) is 9.08. The van der Waals surface area contributed by atoms with Crippen molar-refractivity contribution in [2.45, 2.75) is 13.3 Å². The van der Waals surface area contributed by atoms with Crippen LogP contribution in [0, 0.1) is 17.0 Å². The summed E-state index contributed by atoms with van der Waals surface area (Å²) in [4.78, 5) is 26.3. The Labute approximate surface area is 110 Å². The first-order valence-electron chi connectivity index (χ1n) is 5.77. The van der Waals surface area contributed by atoms with Gasteiger partial charge in [0.15, 0.2) is 5.78 Å². The highest BCUT2D eigenvalue weighted by Crippen LogP contribution is 2.16. The normalized spacial score (nSPS) is 10.2. The van der Waals surface area contributed by atoms with E-state index in [0.717, 1.165) is 0 Å². The highest BCUT2D eigenvalue weighted by molar-refractivity contribution is 5.97. The number of nitro groups is 1. The summed E-state index contributed by atoms with van der Waals surface area (Å²) in [6.07, 6.45) is 0.142. The number of Topliss-reactive ketones (excluding diaryl/α,β-unsaturated/α-hetero) is 1. The van der Waals surface area contributed by atoms with Crippen molar-refractivity contribution in [1.29, 1.82) is 0 Å². The highest BCUT2D eigenvalue weighted by atomic mass is 16.6. The molecule has 0 radical (unpaired) electrons. The van der Waals surface area contributed by atoms with Gasteiger partial charge in [0.1, 0.15) is 5.69 Å². The molecule has 5 heteroatoms. The van der Waals surface area contributed by atoms with Crippen molar-refractivity contribution in [3.63, 3.8) is 0 Å². The molecule has 0 aliphatic rings. The Morgan fingerprint density at radius 2 is 1.89 bits per heavy atom. The zero-order chi connectivity index (χ0) is 13.8. The number of benzene rings is 1. The molecule has 2 rings (SSSR count). The average Bonchev–Trinajstić information content (AvgIpc) is 2.39. The van der Waals surface area contributed by atoms with Crippen molar-refractivity contribution >= 4 is 11.5 Å². The number of aryl methyl sites for hydroxylation is 1. The lowest BCUT2D eigenvalue weighted by molar-refractivity contribution is -0.385. The Kier molecular flexibility index (Phi) is 3.66. The molecule has 0 N–H and O–H groups in total. The van der Waals surface area contributed by atoms with Crippen LogP contribution >= 0.6 is 0 Å². The summed E-state index contributed by atoms with van der Waals surface area (Å²) < 4.78 is 0. The zero-order valence-corrected chi connectivity index (χ0v) is 10.4. The third-order valence-corrected chi connectivity index (χ3v) is 2.75. The molecular formula is C14H12N2O3. The molecule has 5 nitrogen and oxygen atoms in total.